The van der Waals surface area contributed by atoms with E-state index in [1.807, 2.05) is 48.6 Å². The van der Waals surface area contributed by atoms with Gasteiger partial charge in [0.15, 0.2) is 0 Å². The molecule has 0 saturated carbocycles. The highest BCUT2D eigenvalue weighted by atomic mass is 16.5. The first-order chi connectivity index (χ1) is 15.6. The third-order valence-electron chi connectivity index (χ3n) is 5.36. The molecule has 0 bridgehead atoms. The van der Waals surface area contributed by atoms with Gasteiger partial charge < -0.3 is 9.47 Å². The number of ether oxygens (including phenoxy) is 2. The first-order valence-electron chi connectivity index (χ1n) is 10.5. The zero-order valence-electron chi connectivity index (χ0n) is 17.8. The molecule has 2 heterocycles. The maximum atomic E-state index is 13.3. The molecule has 2 atom stereocenters. The van der Waals surface area contributed by atoms with Crippen molar-refractivity contribution in [3.63, 3.8) is 0 Å². The lowest BCUT2D eigenvalue weighted by molar-refractivity contribution is -0.142. The minimum absolute atomic E-state index is 0.150. The highest BCUT2D eigenvalue weighted by Gasteiger charge is 2.30. The largest absolute Gasteiger partial charge is 0.466 e. The Morgan fingerprint density at radius 1 is 1.03 bits per heavy atom. The van der Waals surface area contributed by atoms with E-state index in [0.29, 0.717) is 25.3 Å². The molecule has 0 spiro atoms. The fourth-order valence-electron chi connectivity index (χ4n) is 3.86. The van der Waals surface area contributed by atoms with Gasteiger partial charge in [0.05, 0.1) is 31.5 Å². The highest BCUT2D eigenvalue weighted by molar-refractivity contribution is 5.65. The number of allylic oxidation sites excluding steroid dienone is 1. The Bertz CT molecular complexity index is 1210. The SMILES string of the molecule is CC(=O)OCC[C@H](OCc1ccccc1)[C@@H]1C=CCn2c(=O)n(-c3ccccc3)c(=O)n21. The maximum absolute atomic E-state index is 13.3. The Morgan fingerprint density at radius 2 is 1.72 bits per heavy atom. The molecule has 8 heteroatoms. The van der Waals surface area contributed by atoms with E-state index in [1.54, 1.807) is 24.3 Å². The Hall–Kier alpha value is -3.65. The van der Waals surface area contributed by atoms with Crippen molar-refractivity contribution in [2.24, 2.45) is 0 Å². The number of benzene rings is 2. The van der Waals surface area contributed by atoms with Crippen LogP contribution in [0.2, 0.25) is 0 Å². The molecule has 0 saturated heterocycles. The first kappa shape index (κ1) is 21.6. The molecule has 1 aromatic heterocycles. The van der Waals surface area contributed by atoms with Crippen molar-refractivity contribution in [1.82, 2.24) is 13.9 Å². The molecule has 166 valence electrons. The lowest BCUT2D eigenvalue weighted by Crippen LogP contribution is -2.39. The highest BCUT2D eigenvalue weighted by Crippen LogP contribution is 2.23. The summed E-state index contributed by atoms with van der Waals surface area (Å²) in [6, 6.07) is 18.0. The number of rotatable bonds is 8. The van der Waals surface area contributed by atoms with E-state index in [2.05, 4.69) is 0 Å². The first-order valence-corrected chi connectivity index (χ1v) is 10.5. The van der Waals surface area contributed by atoms with Gasteiger partial charge in [0.25, 0.3) is 0 Å². The second kappa shape index (κ2) is 9.65. The average Bonchev–Trinajstić information content (AvgIpc) is 3.07. The molecule has 0 N–H and O–H groups in total. The van der Waals surface area contributed by atoms with Crippen LogP contribution < -0.4 is 11.4 Å². The molecule has 32 heavy (non-hydrogen) atoms. The quantitative estimate of drug-likeness (QED) is 0.401. The molecule has 2 aromatic carbocycles. The lowest BCUT2D eigenvalue weighted by Gasteiger charge is -2.29. The molecule has 0 radical (unpaired) electrons. The molecule has 8 nitrogen and oxygen atoms in total. The number of aromatic nitrogens is 3. The van der Waals surface area contributed by atoms with Crippen molar-refractivity contribution in [2.75, 3.05) is 6.61 Å². The molecule has 3 aromatic rings. The van der Waals surface area contributed by atoms with E-state index in [4.69, 9.17) is 9.47 Å². The third kappa shape index (κ3) is 4.50. The van der Waals surface area contributed by atoms with Crippen LogP contribution in [-0.2, 0) is 27.4 Å². The van der Waals surface area contributed by atoms with Gasteiger partial charge >= 0.3 is 17.3 Å². The number of hydrogen-bond acceptors (Lipinski definition) is 5. The van der Waals surface area contributed by atoms with Gasteiger partial charge in [-0.2, -0.15) is 0 Å². The number of nitrogens with zero attached hydrogens (tertiary/aromatic N) is 3. The Morgan fingerprint density at radius 3 is 2.41 bits per heavy atom. The zero-order valence-corrected chi connectivity index (χ0v) is 17.8. The summed E-state index contributed by atoms with van der Waals surface area (Å²) in [5.41, 5.74) is 0.655. The normalized spacial score (nSPS) is 15.8. The number of esters is 1. The van der Waals surface area contributed by atoms with Crippen LogP contribution in [0.5, 0.6) is 0 Å². The summed E-state index contributed by atoms with van der Waals surface area (Å²) in [4.78, 5) is 37.6. The molecule has 0 amide bonds. The standard InChI is InChI=1S/C24H25N3O5/c1-18(28)31-16-14-22(32-17-19-9-4-2-5-10-19)21-13-8-15-25-23(29)26(24(30)27(21)25)20-11-6-3-7-12-20/h2-13,21-22H,14-17H2,1H3/t21-,22-/m0/s1. The van der Waals surface area contributed by atoms with Gasteiger partial charge in [0.1, 0.15) is 6.04 Å². The summed E-state index contributed by atoms with van der Waals surface area (Å²) in [7, 11) is 0. The van der Waals surface area contributed by atoms with Crippen molar-refractivity contribution in [3.8, 4) is 5.69 Å². The third-order valence-corrected chi connectivity index (χ3v) is 5.36. The summed E-state index contributed by atoms with van der Waals surface area (Å²) in [5, 5.41) is 0. The smallest absolute Gasteiger partial charge is 0.352 e. The van der Waals surface area contributed by atoms with Crippen molar-refractivity contribution < 1.29 is 14.3 Å². The van der Waals surface area contributed by atoms with Gasteiger partial charge in [-0.15, -0.1) is 0 Å². The second-order valence-electron chi connectivity index (χ2n) is 7.55. The molecule has 1 aliphatic rings. The van der Waals surface area contributed by atoms with E-state index in [0.717, 1.165) is 5.56 Å². The minimum atomic E-state index is -0.520. The van der Waals surface area contributed by atoms with Crippen LogP contribution in [-0.4, -0.2) is 32.6 Å². The van der Waals surface area contributed by atoms with E-state index in [-0.39, 0.29) is 12.6 Å². The molecule has 4 rings (SSSR count). The van der Waals surface area contributed by atoms with Gasteiger partial charge in [-0.1, -0.05) is 60.7 Å². The van der Waals surface area contributed by atoms with Crippen LogP contribution in [0, 0.1) is 0 Å². The monoisotopic (exact) mass is 435 g/mol. The van der Waals surface area contributed by atoms with E-state index in [1.165, 1.54) is 20.9 Å². The number of fused-ring (bicyclic) bond motifs is 1. The molecule has 0 aliphatic carbocycles. The summed E-state index contributed by atoms with van der Waals surface area (Å²) in [6.07, 6.45) is 3.62. The zero-order chi connectivity index (χ0) is 22.5. The molecule has 1 aliphatic heterocycles. The van der Waals surface area contributed by atoms with Crippen LogP contribution in [0.25, 0.3) is 5.69 Å². The van der Waals surface area contributed by atoms with Gasteiger partial charge in [-0.05, 0) is 17.7 Å². The van der Waals surface area contributed by atoms with Gasteiger partial charge in [0, 0.05) is 13.3 Å². The van der Waals surface area contributed by atoms with Gasteiger partial charge in [-0.3, -0.25) is 4.79 Å². The Kier molecular flexibility index (Phi) is 6.51. The van der Waals surface area contributed by atoms with Gasteiger partial charge in [-0.25, -0.2) is 23.5 Å². The lowest BCUT2D eigenvalue weighted by atomic mass is 10.1. The Labute approximate surface area is 184 Å². The number of carbonyl (C=O) groups is 1. The van der Waals surface area contributed by atoms with Crippen LogP contribution in [0.1, 0.15) is 24.9 Å². The predicted molar refractivity (Wildman–Crippen MR) is 119 cm³/mol. The fraction of sp³-hybridized carbons (Fsp3) is 0.292. The van der Waals surface area contributed by atoms with Crippen LogP contribution in [0.4, 0.5) is 0 Å². The van der Waals surface area contributed by atoms with Crippen LogP contribution >= 0.6 is 0 Å². The summed E-state index contributed by atoms with van der Waals surface area (Å²) in [6.45, 7) is 2.12. The van der Waals surface area contributed by atoms with Crippen molar-refractivity contribution in [2.45, 2.75) is 38.6 Å². The summed E-state index contributed by atoms with van der Waals surface area (Å²) >= 11 is 0. The van der Waals surface area contributed by atoms with Crippen molar-refractivity contribution >= 4 is 5.97 Å². The van der Waals surface area contributed by atoms with Crippen molar-refractivity contribution in [3.05, 3.63) is 99.3 Å². The molecular weight excluding hydrogens is 410 g/mol. The Balaban J connectivity index is 1.68. The van der Waals surface area contributed by atoms with E-state index >= 15 is 0 Å². The van der Waals surface area contributed by atoms with Gasteiger partial charge in [0.2, 0.25) is 0 Å². The summed E-state index contributed by atoms with van der Waals surface area (Å²) in [5.74, 6) is -0.379. The minimum Gasteiger partial charge on any atom is -0.466 e. The van der Waals surface area contributed by atoms with Crippen LogP contribution in [0.3, 0.4) is 0 Å². The predicted octanol–water partition coefficient (Wildman–Crippen LogP) is 2.45. The second-order valence-corrected chi connectivity index (χ2v) is 7.55. The average molecular weight is 435 g/mol. The number of hydrogen-bond donors (Lipinski definition) is 0. The van der Waals surface area contributed by atoms with E-state index in [9.17, 15) is 14.4 Å². The van der Waals surface area contributed by atoms with Crippen LogP contribution in [0.15, 0.2) is 82.4 Å². The maximum Gasteiger partial charge on any atom is 0.352 e. The fourth-order valence-corrected chi connectivity index (χ4v) is 3.86. The van der Waals surface area contributed by atoms with Crippen molar-refractivity contribution in [1.29, 1.82) is 0 Å². The number of para-hydroxylation sites is 1. The molecular formula is C24H25N3O5. The van der Waals surface area contributed by atoms with E-state index < -0.39 is 23.5 Å². The topological polar surface area (TPSA) is 84.5 Å². The number of carbonyl (C=O) groups excluding carboxylic acids is 1. The molecule has 0 fully saturated rings. The summed E-state index contributed by atoms with van der Waals surface area (Å²) < 4.78 is 15.3. The molecule has 0 unspecified atom stereocenters.